The molecule has 1 N–H and O–H groups in total. The number of esters is 3. The van der Waals surface area contributed by atoms with Gasteiger partial charge < -0.3 is 19.5 Å². The number of benzene rings is 2. The van der Waals surface area contributed by atoms with Crippen molar-refractivity contribution in [2.24, 2.45) is 0 Å². The summed E-state index contributed by atoms with van der Waals surface area (Å²) in [5.41, 5.74) is 1.47. The van der Waals surface area contributed by atoms with Crippen LogP contribution in [0.3, 0.4) is 0 Å². The van der Waals surface area contributed by atoms with Gasteiger partial charge in [-0.25, -0.2) is 18.8 Å². The van der Waals surface area contributed by atoms with E-state index in [9.17, 15) is 18.8 Å². The van der Waals surface area contributed by atoms with E-state index in [0.29, 0.717) is 16.8 Å². The molecule has 2 rings (SSSR count). The van der Waals surface area contributed by atoms with Gasteiger partial charge in [-0.3, -0.25) is 0 Å². The molecule has 146 valence electrons. The standard InChI is InChI=1S/C20H18FNO6/c1-26-18(23)11-17(20(25)28-3)22-14-7-4-12(5-8-14)13-6-9-15(16(21)10-13)19(24)27-2/h4-11,22H,1-3H3/b17-11+. The van der Waals surface area contributed by atoms with Crippen molar-refractivity contribution in [1.29, 1.82) is 0 Å². The normalized spacial score (nSPS) is 10.8. The maximum absolute atomic E-state index is 14.1. The predicted octanol–water partition coefficient (Wildman–Crippen LogP) is 2.92. The molecule has 0 aromatic heterocycles. The molecule has 0 amide bonds. The minimum Gasteiger partial charge on any atom is -0.466 e. The first-order chi connectivity index (χ1) is 13.4. The van der Waals surface area contributed by atoms with Gasteiger partial charge in [0.15, 0.2) is 0 Å². The van der Waals surface area contributed by atoms with E-state index >= 15 is 0 Å². The highest BCUT2D eigenvalue weighted by Crippen LogP contribution is 2.24. The Balaban J connectivity index is 2.24. The fourth-order valence-electron chi connectivity index (χ4n) is 2.30. The summed E-state index contributed by atoms with van der Waals surface area (Å²) in [5.74, 6) is -2.91. The third-order valence-electron chi connectivity index (χ3n) is 3.74. The van der Waals surface area contributed by atoms with Gasteiger partial charge in [-0.05, 0) is 35.4 Å². The van der Waals surface area contributed by atoms with Crippen molar-refractivity contribution in [3.63, 3.8) is 0 Å². The number of rotatable bonds is 6. The first-order valence-corrected chi connectivity index (χ1v) is 8.03. The minimum absolute atomic E-state index is 0.101. The molecule has 2 aromatic rings. The Morgan fingerprint density at radius 3 is 2.07 bits per heavy atom. The highest BCUT2D eigenvalue weighted by Gasteiger charge is 2.14. The summed E-state index contributed by atoms with van der Waals surface area (Å²) in [7, 11) is 3.55. The third kappa shape index (κ3) is 4.94. The van der Waals surface area contributed by atoms with Crippen LogP contribution in [0.1, 0.15) is 10.4 Å². The smallest absolute Gasteiger partial charge is 0.354 e. The lowest BCUT2D eigenvalue weighted by molar-refractivity contribution is -0.138. The molecule has 2 aromatic carbocycles. The maximum atomic E-state index is 14.1. The molecule has 0 fully saturated rings. The van der Waals surface area contributed by atoms with Crippen molar-refractivity contribution in [1.82, 2.24) is 0 Å². The molecule has 8 heteroatoms. The van der Waals surface area contributed by atoms with Gasteiger partial charge in [-0.1, -0.05) is 18.2 Å². The van der Waals surface area contributed by atoms with Crippen LogP contribution in [0.25, 0.3) is 11.1 Å². The van der Waals surface area contributed by atoms with E-state index in [2.05, 4.69) is 19.5 Å². The monoisotopic (exact) mass is 387 g/mol. The van der Waals surface area contributed by atoms with Gasteiger partial charge in [0, 0.05) is 5.69 Å². The summed E-state index contributed by atoms with van der Waals surface area (Å²) < 4.78 is 27.7. The molecule has 0 saturated carbocycles. The van der Waals surface area contributed by atoms with Gasteiger partial charge in [0.1, 0.15) is 11.5 Å². The van der Waals surface area contributed by atoms with Gasteiger partial charge in [-0.15, -0.1) is 0 Å². The second kappa shape index (κ2) is 9.31. The van der Waals surface area contributed by atoms with Gasteiger partial charge in [0.2, 0.25) is 0 Å². The molecule has 0 unspecified atom stereocenters. The molecular weight excluding hydrogens is 369 g/mol. The Labute approximate surface area is 160 Å². The second-order valence-corrected chi connectivity index (χ2v) is 5.46. The summed E-state index contributed by atoms with van der Waals surface area (Å²) in [6.45, 7) is 0. The SMILES string of the molecule is COC(=O)/C=C(/Nc1ccc(-c2ccc(C(=O)OC)c(F)c2)cc1)C(=O)OC. The van der Waals surface area contributed by atoms with E-state index in [1.54, 1.807) is 30.3 Å². The van der Waals surface area contributed by atoms with Crippen LogP contribution in [0, 0.1) is 5.82 Å². The first-order valence-electron chi connectivity index (χ1n) is 8.03. The Bertz CT molecular complexity index is 921. The molecule has 28 heavy (non-hydrogen) atoms. The van der Waals surface area contributed by atoms with Crippen LogP contribution in [0.5, 0.6) is 0 Å². The minimum atomic E-state index is -0.753. The predicted molar refractivity (Wildman–Crippen MR) is 98.9 cm³/mol. The molecule has 0 aliphatic rings. The van der Waals surface area contributed by atoms with Gasteiger partial charge in [0.25, 0.3) is 0 Å². The van der Waals surface area contributed by atoms with Crippen LogP contribution in [0.2, 0.25) is 0 Å². The first kappa shape index (κ1) is 20.6. The van der Waals surface area contributed by atoms with Crippen LogP contribution < -0.4 is 5.32 Å². The van der Waals surface area contributed by atoms with Gasteiger partial charge in [0.05, 0.1) is 33.0 Å². The van der Waals surface area contributed by atoms with E-state index < -0.39 is 23.7 Å². The van der Waals surface area contributed by atoms with Crippen LogP contribution in [0.15, 0.2) is 54.2 Å². The number of ether oxygens (including phenoxy) is 3. The van der Waals surface area contributed by atoms with Crippen molar-refractivity contribution in [2.45, 2.75) is 0 Å². The summed E-state index contributed by atoms with van der Waals surface area (Å²) >= 11 is 0. The Morgan fingerprint density at radius 1 is 0.893 bits per heavy atom. The lowest BCUT2D eigenvalue weighted by Gasteiger charge is -2.10. The number of anilines is 1. The van der Waals surface area contributed by atoms with Gasteiger partial charge >= 0.3 is 17.9 Å². The molecular formula is C20H18FNO6. The van der Waals surface area contributed by atoms with Crippen LogP contribution >= 0.6 is 0 Å². The number of halogens is 1. The van der Waals surface area contributed by atoms with E-state index in [-0.39, 0.29) is 11.3 Å². The Hall–Kier alpha value is -3.68. The molecule has 7 nitrogen and oxygen atoms in total. The highest BCUT2D eigenvalue weighted by molar-refractivity contribution is 5.98. The summed E-state index contributed by atoms with van der Waals surface area (Å²) in [6, 6.07) is 10.8. The van der Waals surface area contributed by atoms with Crippen molar-refractivity contribution < 1.29 is 33.0 Å². The topological polar surface area (TPSA) is 90.9 Å². The molecule has 0 aliphatic carbocycles. The van der Waals surface area contributed by atoms with Crippen molar-refractivity contribution in [2.75, 3.05) is 26.6 Å². The quantitative estimate of drug-likeness (QED) is 0.463. The van der Waals surface area contributed by atoms with Crippen molar-refractivity contribution in [3.05, 3.63) is 65.6 Å². The lowest BCUT2D eigenvalue weighted by atomic mass is 10.0. The zero-order valence-corrected chi connectivity index (χ0v) is 15.4. The summed E-state index contributed by atoms with van der Waals surface area (Å²) in [5, 5.41) is 2.77. The largest absolute Gasteiger partial charge is 0.466 e. The van der Waals surface area contributed by atoms with Crippen LogP contribution in [0.4, 0.5) is 10.1 Å². The zero-order valence-electron chi connectivity index (χ0n) is 15.4. The molecule has 0 atom stereocenters. The molecule has 0 spiro atoms. The second-order valence-electron chi connectivity index (χ2n) is 5.46. The molecule has 0 bridgehead atoms. The molecule has 0 radical (unpaired) electrons. The van der Waals surface area contributed by atoms with E-state index in [1.165, 1.54) is 33.5 Å². The van der Waals surface area contributed by atoms with Crippen LogP contribution in [-0.4, -0.2) is 39.2 Å². The Kier molecular flexibility index (Phi) is 6.86. The fraction of sp³-hybridized carbons (Fsp3) is 0.150. The summed E-state index contributed by atoms with van der Waals surface area (Å²) in [6.07, 6.45) is 0.973. The maximum Gasteiger partial charge on any atom is 0.354 e. The molecule has 0 aliphatic heterocycles. The van der Waals surface area contributed by atoms with Crippen LogP contribution in [-0.2, 0) is 23.8 Å². The Morgan fingerprint density at radius 2 is 1.54 bits per heavy atom. The number of hydrogen-bond donors (Lipinski definition) is 1. The number of methoxy groups -OCH3 is 3. The molecule has 0 saturated heterocycles. The zero-order chi connectivity index (χ0) is 20.7. The average molecular weight is 387 g/mol. The fourth-order valence-corrected chi connectivity index (χ4v) is 2.30. The van der Waals surface area contributed by atoms with E-state index in [0.717, 1.165) is 6.08 Å². The highest BCUT2D eigenvalue weighted by atomic mass is 19.1. The molecule has 0 heterocycles. The summed E-state index contributed by atoms with van der Waals surface area (Å²) in [4.78, 5) is 34.6. The third-order valence-corrected chi connectivity index (χ3v) is 3.74. The van der Waals surface area contributed by atoms with Crippen molar-refractivity contribution in [3.8, 4) is 11.1 Å². The lowest BCUT2D eigenvalue weighted by Crippen LogP contribution is -2.15. The average Bonchev–Trinajstić information content (AvgIpc) is 2.72. The van der Waals surface area contributed by atoms with Crippen molar-refractivity contribution >= 4 is 23.6 Å². The number of nitrogens with one attached hydrogen (secondary N) is 1. The number of carbonyl (C=O) groups excluding carboxylic acids is 3. The van der Waals surface area contributed by atoms with Gasteiger partial charge in [-0.2, -0.15) is 0 Å². The number of hydrogen-bond acceptors (Lipinski definition) is 7. The van der Waals surface area contributed by atoms with E-state index in [1.807, 2.05) is 0 Å². The van der Waals surface area contributed by atoms with E-state index in [4.69, 9.17) is 0 Å². The number of carbonyl (C=O) groups is 3.